The lowest BCUT2D eigenvalue weighted by atomic mass is 10.1. The molecule has 7 nitrogen and oxygen atoms in total. The van der Waals surface area contributed by atoms with Crippen molar-refractivity contribution in [1.29, 1.82) is 0 Å². The van der Waals surface area contributed by atoms with Crippen LogP contribution < -0.4 is 4.74 Å². The molecule has 122 valence electrons. The largest absolute Gasteiger partial charge is 0.471 e. The van der Waals surface area contributed by atoms with E-state index >= 15 is 0 Å². The first-order valence-corrected chi connectivity index (χ1v) is 7.65. The third-order valence-corrected chi connectivity index (χ3v) is 3.84. The van der Waals surface area contributed by atoms with Gasteiger partial charge in [0.05, 0.1) is 24.4 Å². The van der Waals surface area contributed by atoms with Crippen LogP contribution >= 0.6 is 11.6 Å². The van der Waals surface area contributed by atoms with Gasteiger partial charge >= 0.3 is 0 Å². The van der Waals surface area contributed by atoms with Crippen LogP contribution in [0.2, 0.25) is 5.02 Å². The van der Waals surface area contributed by atoms with E-state index in [1.807, 2.05) is 0 Å². The summed E-state index contributed by atoms with van der Waals surface area (Å²) < 4.78 is 16.0. The Morgan fingerprint density at radius 2 is 2.17 bits per heavy atom. The van der Waals surface area contributed by atoms with Crippen molar-refractivity contribution >= 4 is 17.5 Å². The van der Waals surface area contributed by atoms with Crippen LogP contribution in [0.5, 0.6) is 5.88 Å². The molecule has 0 saturated carbocycles. The fourth-order valence-corrected chi connectivity index (χ4v) is 2.47. The molecule has 8 heteroatoms. The summed E-state index contributed by atoms with van der Waals surface area (Å²) in [5.41, 5.74) is 0.240. The molecule has 0 N–H and O–H groups in total. The van der Waals surface area contributed by atoms with E-state index in [2.05, 4.69) is 10.1 Å². The Hall–Kier alpha value is -2.80. The van der Waals surface area contributed by atoms with Gasteiger partial charge in [-0.25, -0.2) is 4.98 Å². The quantitative estimate of drug-likeness (QED) is 0.723. The highest BCUT2D eigenvalue weighted by Gasteiger charge is 2.34. The Kier molecular flexibility index (Phi) is 3.70. The van der Waals surface area contributed by atoms with Crippen LogP contribution in [0.4, 0.5) is 0 Å². The standard InChI is InChI=1S/C16H12ClN3O4/c17-10-3-4-15(18-7-10)23-11-8-20(9-11)16(21)12-6-14(24-19-12)13-2-1-5-22-13/h1-7,11H,8-9H2. The number of likely N-dealkylation sites (tertiary alicyclic amines) is 1. The molecule has 1 aliphatic rings. The lowest BCUT2D eigenvalue weighted by Crippen LogP contribution is -2.56. The molecular formula is C16H12ClN3O4. The van der Waals surface area contributed by atoms with Gasteiger partial charge in [-0.1, -0.05) is 16.8 Å². The van der Waals surface area contributed by atoms with Gasteiger partial charge in [0.25, 0.3) is 5.91 Å². The lowest BCUT2D eigenvalue weighted by Gasteiger charge is -2.38. The van der Waals surface area contributed by atoms with E-state index in [0.717, 1.165) is 0 Å². The molecule has 4 rings (SSSR count). The summed E-state index contributed by atoms with van der Waals surface area (Å²) in [6, 6.07) is 8.44. The van der Waals surface area contributed by atoms with E-state index in [1.165, 1.54) is 12.5 Å². The number of rotatable bonds is 4. The SMILES string of the molecule is O=C(c1cc(-c2ccco2)on1)N1CC(Oc2ccc(Cl)cn2)C1. The third-order valence-electron chi connectivity index (χ3n) is 3.62. The molecule has 4 heterocycles. The van der Waals surface area contributed by atoms with Crippen molar-refractivity contribution in [1.82, 2.24) is 15.0 Å². The summed E-state index contributed by atoms with van der Waals surface area (Å²) in [5, 5.41) is 4.35. The number of aromatic nitrogens is 2. The maximum atomic E-state index is 12.3. The molecule has 0 aliphatic carbocycles. The van der Waals surface area contributed by atoms with E-state index < -0.39 is 0 Å². The van der Waals surface area contributed by atoms with Crippen LogP contribution in [-0.2, 0) is 0 Å². The van der Waals surface area contributed by atoms with E-state index in [9.17, 15) is 4.79 Å². The van der Waals surface area contributed by atoms with E-state index in [0.29, 0.717) is 35.5 Å². The zero-order valence-electron chi connectivity index (χ0n) is 12.4. The second kappa shape index (κ2) is 6.01. The Balaban J connectivity index is 1.35. The van der Waals surface area contributed by atoms with Crippen molar-refractivity contribution in [3.8, 4) is 17.4 Å². The lowest BCUT2D eigenvalue weighted by molar-refractivity contribution is 0.0153. The average Bonchev–Trinajstić information content (AvgIpc) is 3.22. The van der Waals surface area contributed by atoms with Crippen LogP contribution in [0.3, 0.4) is 0 Å². The van der Waals surface area contributed by atoms with Gasteiger partial charge in [0.2, 0.25) is 11.6 Å². The van der Waals surface area contributed by atoms with Gasteiger partial charge in [-0.15, -0.1) is 0 Å². The summed E-state index contributed by atoms with van der Waals surface area (Å²) >= 11 is 5.77. The first-order valence-electron chi connectivity index (χ1n) is 7.27. The predicted molar refractivity (Wildman–Crippen MR) is 83.8 cm³/mol. The Labute approximate surface area is 141 Å². The van der Waals surface area contributed by atoms with Crippen molar-refractivity contribution in [2.75, 3.05) is 13.1 Å². The molecule has 0 radical (unpaired) electrons. The monoisotopic (exact) mass is 345 g/mol. The molecule has 0 aromatic carbocycles. The number of ether oxygens (including phenoxy) is 1. The summed E-state index contributed by atoms with van der Waals surface area (Å²) in [4.78, 5) is 18.0. The number of halogens is 1. The molecule has 1 fully saturated rings. The molecule has 1 amide bonds. The Morgan fingerprint density at radius 1 is 1.29 bits per heavy atom. The first kappa shape index (κ1) is 14.8. The number of pyridine rings is 1. The van der Waals surface area contributed by atoms with Crippen LogP contribution in [-0.4, -0.2) is 40.1 Å². The molecule has 0 unspecified atom stereocenters. The smallest absolute Gasteiger partial charge is 0.276 e. The van der Waals surface area contributed by atoms with Crippen LogP contribution in [0.25, 0.3) is 11.5 Å². The molecule has 3 aromatic heterocycles. The number of amides is 1. The molecule has 0 spiro atoms. The fourth-order valence-electron chi connectivity index (χ4n) is 2.35. The Morgan fingerprint density at radius 3 is 2.88 bits per heavy atom. The molecule has 3 aromatic rings. The number of hydrogen-bond donors (Lipinski definition) is 0. The molecule has 0 atom stereocenters. The minimum atomic E-state index is -0.208. The topological polar surface area (TPSA) is 81.6 Å². The average molecular weight is 346 g/mol. The number of hydrogen-bond acceptors (Lipinski definition) is 6. The zero-order chi connectivity index (χ0) is 16.5. The third kappa shape index (κ3) is 2.85. The van der Waals surface area contributed by atoms with Gasteiger partial charge in [-0.3, -0.25) is 4.79 Å². The van der Waals surface area contributed by atoms with E-state index in [1.54, 1.807) is 35.2 Å². The van der Waals surface area contributed by atoms with E-state index in [-0.39, 0.29) is 17.7 Å². The van der Waals surface area contributed by atoms with Gasteiger partial charge < -0.3 is 18.6 Å². The van der Waals surface area contributed by atoms with Crippen LogP contribution in [0.1, 0.15) is 10.5 Å². The summed E-state index contributed by atoms with van der Waals surface area (Å²) in [6.07, 6.45) is 2.95. The maximum absolute atomic E-state index is 12.3. The summed E-state index contributed by atoms with van der Waals surface area (Å²) in [6.45, 7) is 0.929. The fraction of sp³-hybridized carbons (Fsp3) is 0.188. The molecule has 24 heavy (non-hydrogen) atoms. The molecule has 1 aliphatic heterocycles. The van der Waals surface area contributed by atoms with Crippen LogP contribution in [0, 0.1) is 0 Å². The van der Waals surface area contributed by atoms with E-state index in [4.69, 9.17) is 25.3 Å². The van der Waals surface area contributed by atoms with Crippen molar-refractivity contribution in [2.24, 2.45) is 0 Å². The zero-order valence-corrected chi connectivity index (χ0v) is 13.1. The summed E-state index contributed by atoms with van der Waals surface area (Å²) in [5.74, 6) is 1.22. The number of nitrogens with zero attached hydrogens (tertiary/aromatic N) is 3. The number of furan rings is 1. The highest BCUT2D eigenvalue weighted by molar-refractivity contribution is 6.30. The highest BCUT2D eigenvalue weighted by atomic mass is 35.5. The number of carbonyl (C=O) groups excluding carboxylic acids is 1. The minimum absolute atomic E-state index is 0.0981. The Bertz CT molecular complexity index is 839. The van der Waals surface area contributed by atoms with Gasteiger partial charge in [0.15, 0.2) is 11.5 Å². The molecular weight excluding hydrogens is 334 g/mol. The van der Waals surface area contributed by atoms with Crippen molar-refractivity contribution < 1.29 is 18.5 Å². The predicted octanol–water partition coefficient (Wildman–Crippen LogP) is 2.89. The van der Waals surface area contributed by atoms with Gasteiger partial charge in [0, 0.05) is 18.3 Å². The molecule has 1 saturated heterocycles. The minimum Gasteiger partial charge on any atom is -0.471 e. The van der Waals surface area contributed by atoms with Crippen molar-refractivity contribution in [3.63, 3.8) is 0 Å². The van der Waals surface area contributed by atoms with Crippen molar-refractivity contribution in [2.45, 2.75) is 6.10 Å². The summed E-state index contributed by atoms with van der Waals surface area (Å²) in [7, 11) is 0. The van der Waals surface area contributed by atoms with Gasteiger partial charge in [-0.05, 0) is 18.2 Å². The van der Waals surface area contributed by atoms with Crippen LogP contribution in [0.15, 0.2) is 51.7 Å². The second-order valence-corrected chi connectivity index (χ2v) is 5.75. The normalized spacial score (nSPS) is 14.5. The molecule has 0 bridgehead atoms. The van der Waals surface area contributed by atoms with Gasteiger partial charge in [-0.2, -0.15) is 0 Å². The highest BCUT2D eigenvalue weighted by Crippen LogP contribution is 2.23. The van der Waals surface area contributed by atoms with Gasteiger partial charge in [0.1, 0.15) is 6.10 Å². The first-order chi connectivity index (χ1) is 11.7. The van der Waals surface area contributed by atoms with Crippen molar-refractivity contribution in [3.05, 3.63) is 53.5 Å². The maximum Gasteiger partial charge on any atom is 0.276 e. The number of carbonyl (C=O) groups is 1. The second-order valence-electron chi connectivity index (χ2n) is 5.32.